The second-order valence-corrected chi connectivity index (χ2v) is 6.62. The zero-order valence-corrected chi connectivity index (χ0v) is 12.7. The number of nitro benzene ring substituents is 1. The third-order valence-electron chi connectivity index (χ3n) is 5.05. The van der Waals surface area contributed by atoms with Crippen molar-refractivity contribution in [2.75, 3.05) is 18.0 Å². The van der Waals surface area contributed by atoms with Crippen molar-refractivity contribution < 1.29 is 4.92 Å². The maximum Gasteiger partial charge on any atom is 0.270 e. The average molecular weight is 308 g/mol. The molecule has 2 aromatic rings. The van der Waals surface area contributed by atoms with Crippen LogP contribution in [0.5, 0.6) is 0 Å². The van der Waals surface area contributed by atoms with Crippen LogP contribution in [0.3, 0.4) is 0 Å². The van der Waals surface area contributed by atoms with E-state index in [9.17, 15) is 15.4 Å². The van der Waals surface area contributed by atoms with Crippen LogP contribution < -0.4 is 4.90 Å². The van der Waals surface area contributed by atoms with Gasteiger partial charge in [0.2, 0.25) is 0 Å². The molecular formula is C17H16N4O2. The molecule has 6 heteroatoms. The molecule has 1 aliphatic carbocycles. The quantitative estimate of drug-likeness (QED) is 0.627. The van der Waals surface area contributed by atoms with Gasteiger partial charge in [0.25, 0.3) is 5.69 Å². The Hall–Kier alpha value is -2.68. The van der Waals surface area contributed by atoms with Gasteiger partial charge in [-0.05, 0) is 43.2 Å². The van der Waals surface area contributed by atoms with E-state index in [1.165, 1.54) is 31.4 Å². The fourth-order valence-electron chi connectivity index (χ4n) is 3.56. The largest absolute Gasteiger partial charge is 0.356 e. The van der Waals surface area contributed by atoms with E-state index in [4.69, 9.17) is 0 Å². The summed E-state index contributed by atoms with van der Waals surface area (Å²) in [5.74, 6) is 0.814. The van der Waals surface area contributed by atoms with E-state index in [2.05, 4.69) is 16.0 Å². The number of hydrogen-bond donors (Lipinski definition) is 0. The van der Waals surface area contributed by atoms with E-state index < -0.39 is 4.92 Å². The molecule has 0 atom stereocenters. The molecule has 1 aliphatic heterocycles. The molecular weight excluding hydrogens is 292 g/mol. The lowest BCUT2D eigenvalue weighted by atomic mass is 9.95. The predicted octanol–water partition coefficient (Wildman–Crippen LogP) is 3.40. The Morgan fingerprint density at radius 3 is 2.83 bits per heavy atom. The lowest BCUT2D eigenvalue weighted by molar-refractivity contribution is -0.384. The Morgan fingerprint density at radius 1 is 1.30 bits per heavy atom. The molecule has 1 aromatic carbocycles. The minimum absolute atomic E-state index is 0.0153. The lowest BCUT2D eigenvalue weighted by Crippen LogP contribution is -2.37. The van der Waals surface area contributed by atoms with E-state index in [0.29, 0.717) is 21.9 Å². The van der Waals surface area contributed by atoms with E-state index in [0.717, 1.165) is 25.3 Å². The first kappa shape index (κ1) is 13.9. The number of non-ortho nitro benzene ring substituents is 1. The van der Waals surface area contributed by atoms with Gasteiger partial charge in [-0.25, -0.2) is 4.98 Å². The minimum atomic E-state index is -0.448. The third kappa shape index (κ3) is 2.38. The molecule has 1 aromatic heterocycles. The Bertz CT molecular complexity index is 852. The van der Waals surface area contributed by atoms with Gasteiger partial charge in [-0.15, -0.1) is 0 Å². The highest BCUT2D eigenvalue weighted by Gasteiger charge is 2.45. The number of aromatic nitrogens is 1. The van der Waals surface area contributed by atoms with E-state index in [1.54, 1.807) is 12.1 Å². The molecule has 0 N–H and O–H groups in total. The summed E-state index contributed by atoms with van der Waals surface area (Å²) in [4.78, 5) is 17.4. The molecule has 0 unspecified atom stereocenters. The van der Waals surface area contributed by atoms with Gasteiger partial charge in [-0.3, -0.25) is 10.1 Å². The van der Waals surface area contributed by atoms with Crippen molar-refractivity contribution >= 4 is 22.4 Å². The monoisotopic (exact) mass is 308 g/mol. The predicted molar refractivity (Wildman–Crippen MR) is 86.2 cm³/mol. The van der Waals surface area contributed by atoms with Crippen molar-refractivity contribution in [3.63, 3.8) is 0 Å². The smallest absolute Gasteiger partial charge is 0.270 e. The summed E-state index contributed by atoms with van der Waals surface area (Å²) in [7, 11) is 0. The number of benzene rings is 1. The van der Waals surface area contributed by atoms with Crippen molar-refractivity contribution in [3.8, 4) is 6.07 Å². The Morgan fingerprint density at radius 2 is 2.13 bits per heavy atom. The fraction of sp³-hybridized carbons (Fsp3) is 0.412. The first-order valence-corrected chi connectivity index (χ1v) is 7.85. The first-order valence-electron chi connectivity index (χ1n) is 7.85. The molecule has 116 valence electrons. The number of rotatable bonds is 2. The van der Waals surface area contributed by atoms with Crippen LogP contribution in [0.4, 0.5) is 11.5 Å². The molecule has 6 nitrogen and oxygen atoms in total. The minimum Gasteiger partial charge on any atom is -0.356 e. The van der Waals surface area contributed by atoms with Gasteiger partial charge in [-0.2, -0.15) is 5.26 Å². The zero-order valence-electron chi connectivity index (χ0n) is 12.7. The summed E-state index contributed by atoms with van der Waals surface area (Å²) in [5, 5.41) is 20.9. The summed E-state index contributed by atoms with van der Waals surface area (Å²) < 4.78 is 0. The van der Waals surface area contributed by atoms with Gasteiger partial charge >= 0.3 is 0 Å². The van der Waals surface area contributed by atoms with Gasteiger partial charge in [0.15, 0.2) is 0 Å². The normalized spacial score (nSPS) is 18.8. The summed E-state index contributed by atoms with van der Waals surface area (Å²) in [6.45, 7) is 1.96. The highest BCUT2D eigenvalue weighted by atomic mass is 16.6. The molecule has 2 fully saturated rings. The number of nitrogens with zero attached hydrogens (tertiary/aromatic N) is 4. The number of fused-ring (bicyclic) bond motifs is 1. The number of pyridine rings is 1. The molecule has 0 radical (unpaired) electrons. The van der Waals surface area contributed by atoms with Crippen molar-refractivity contribution in [2.45, 2.75) is 25.7 Å². The molecule has 2 aliphatic rings. The summed E-state index contributed by atoms with van der Waals surface area (Å²) in [5.41, 5.74) is 1.54. The lowest BCUT2D eigenvalue weighted by Gasteiger charge is -2.34. The van der Waals surface area contributed by atoms with Gasteiger partial charge in [0, 0.05) is 30.6 Å². The van der Waals surface area contributed by atoms with Crippen molar-refractivity contribution in [2.24, 2.45) is 5.41 Å². The number of nitro groups is 1. The van der Waals surface area contributed by atoms with E-state index in [1.807, 2.05) is 0 Å². The second-order valence-electron chi connectivity index (χ2n) is 6.62. The Kier molecular flexibility index (Phi) is 2.98. The highest BCUT2D eigenvalue weighted by Crippen LogP contribution is 2.52. The number of anilines is 1. The maximum atomic E-state index is 10.9. The van der Waals surface area contributed by atoms with E-state index >= 15 is 0 Å². The summed E-state index contributed by atoms with van der Waals surface area (Å²) >= 11 is 0. The second kappa shape index (κ2) is 4.92. The van der Waals surface area contributed by atoms with Gasteiger partial charge in [-0.1, -0.05) is 0 Å². The molecule has 23 heavy (non-hydrogen) atoms. The first-order chi connectivity index (χ1) is 11.1. The molecule has 0 amide bonds. The van der Waals surface area contributed by atoms with Crippen LogP contribution in [-0.4, -0.2) is 23.0 Å². The maximum absolute atomic E-state index is 10.9. The standard InChI is InChI=1S/C17H16N4O2/c18-10-12-8-16(20-7-1-4-17(11-20)5-6-17)19-15-3-2-13(21(22)23)9-14(12)15/h2-3,8-9H,1,4-7,11H2. The van der Waals surface area contributed by atoms with Crippen molar-refractivity contribution in [1.82, 2.24) is 4.98 Å². The van der Waals surface area contributed by atoms with Crippen LogP contribution >= 0.6 is 0 Å². The van der Waals surface area contributed by atoms with Crippen LogP contribution in [0.25, 0.3) is 10.9 Å². The fourth-order valence-corrected chi connectivity index (χ4v) is 3.56. The molecule has 2 heterocycles. The average Bonchev–Trinajstić information content (AvgIpc) is 3.31. The van der Waals surface area contributed by atoms with Gasteiger partial charge in [0.1, 0.15) is 5.82 Å². The molecule has 1 saturated heterocycles. The molecule has 1 spiro atoms. The number of hydrogen-bond acceptors (Lipinski definition) is 5. The topological polar surface area (TPSA) is 83.1 Å². The van der Waals surface area contributed by atoms with Crippen LogP contribution in [0.15, 0.2) is 24.3 Å². The van der Waals surface area contributed by atoms with E-state index in [-0.39, 0.29) is 5.69 Å². The SMILES string of the molecule is N#Cc1cc(N2CCCC3(CC3)C2)nc2ccc([N+](=O)[O-])cc12. The van der Waals surface area contributed by atoms with Gasteiger partial charge < -0.3 is 4.90 Å². The van der Waals surface area contributed by atoms with Crippen LogP contribution in [0, 0.1) is 26.9 Å². The van der Waals surface area contributed by atoms with Crippen molar-refractivity contribution in [1.29, 1.82) is 5.26 Å². The van der Waals surface area contributed by atoms with Crippen LogP contribution in [-0.2, 0) is 0 Å². The molecule has 1 saturated carbocycles. The van der Waals surface area contributed by atoms with Crippen LogP contribution in [0.2, 0.25) is 0 Å². The van der Waals surface area contributed by atoms with Crippen LogP contribution in [0.1, 0.15) is 31.2 Å². The molecule has 0 bridgehead atoms. The van der Waals surface area contributed by atoms with Gasteiger partial charge in [0.05, 0.1) is 22.1 Å². The molecule has 4 rings (SSSR count). The van der Waals surface area contributed by atoms with Crippen molar-refractivity contribution in [3.05, 3.63) is 39.9 Å². The summed E-state index contributed by atoms with van der Waals surface area (Å²) in [6.07, 6.45) is 5.01. The Balaban J connectivity index is 1.78. The highest BCUT2D eigenvalue weighted by molar-refractivity contribution is 5.88. The zero-order chi connectivity index (χ0) is 16.0. The number of piperidine rings is 1. The third-order valence-corrected chi connectivity index (χ3v) is 5.05. The Labute approximate surface area is 133 Å². The number of nitriles is 1. The summed E-state index contributed by atoms with van der Waals surface area (Å²) in [6, 6.07) is 8.44.